The number of nitriles is 1. The number of nitrogens with one attached hydrogen (secondary N) is 2. The van der Waals surface area contributed by atoms with Crippen molar-refractivity contribution in [3.05, 3.63) is 23.8 Å². The second-order valence-corrected chi connectivity index (χ2v) is 4.05. The van der Waals surface area contributed by atoms with Crippen LogP contribution in [0.4, 0.5) is 23.7 Å². The lowest BCUT2D eigenvalue weighted by Crippen LogP contribution is -2.34. The third-order valence-corrected chi connectivity index (χ3v) is 2.14. The van der Waals surface area contributed by atoms with Gasteiger partial charge in [0.2, 0.25) is 0 Å². The Bertz CT molecular complexity index is 553. The van der Waals surface area contributed by atoms with Crippen molar-refractivity contribution in [1.82, 2.24) is 5.32 Å². The number of aliphatic hydroxyl groups excluding tert-OH is 1. The molecule has 3 N–H and O–H groups in total. The summed E-state index contributed by atoms with van der Waals surface area (Å²) in [6.07, 6.45) is -5.65. The number of nitrogens with zero attached hydrogens (tertiary/aromatic N) is 1. The van der Waals surface area contributed by atoms with Gasteiger partial charge in [-0.2, -0.15) is 5.26 Å². The molecule has 2 amide bonds. The van der Waals surface area contributed by atoms with E-state index in [-0.39, 0.29) is 17.8 Å². The molecule has 1 aromatic rings. The summed E-state index contributed by atoms with van der Waals surface area (Å²) < 4.78 is 40.0. The Morgan fingerprint density at radius 2 is 2.19 bits per heavy atom. The van der Waals surface area contributed by atoms with E-state index in [4.69, 9.17) is 10.4 Å². The number of rotatable bonds is 4. The zero-order valence-electron chi connectivity index (χ0n) is 10.9. The summed E-state index contributed by atoms with van der Waals surface area (Å²) in [7, 11) is 0. The topological polar surface area (TPSA) is 94.4 Å². The fourth-order valence-electron chi connectivity index (χ4n) is 1.32. The van der Waals surface area contributed by atoms with Gasteiger partial charge in [-0.3, -0.25) is 0 Å². The lowest BCUT2D eigenvalue weighted by molar-refractivity contribution is -0.274. The summed E-state index contributed by atoms with van der Waals surface area (Å²) in [5.74, 6) is -0.653. The highest BCUT2D eigenvalue weighted by molar-refractivity contribution is 5.89. The molecule has 21 heavy (non-hydrogen) atoms. The number of aliphatic hydroxyl groups is 1. The minimum Gasteiger partial charge on any atom is -0.404 e. The number of halogens is 3. The summed E-state index contributed by atoms with van der Waals surface area (Å²) in [5, 5.41) is 22.4. The van der Waals surface area contributed by atoms with Gasteiger partial charge in [0.25, 0.3) is 0 Å². The Kier molecular flexibility index (Phi) is 5.37. The van der Waals surface area contributed by atoms with Crippen LogP contribution in [0, 0.1) is 11.3 Å². The summed E-state index contributed by atoms with van der Waals surface area (Å²) in [6.45, 7) is 1.48. The van der Waals surface area contributed by atoms with Gasteiger partial charge in [-0.1, -0.05) is 0 Å². The molecule has 0 aromatic heterocycles. The average Bonchev–Trinajstić information content (AvgIpc) is 2.36. The van der Waals surface area contributed by atoms with E-state index in [1.54, 1.807) is 6.07 Å². The van der Waals surface area contributed by atoms with Gasteiger partial charge in [0.15, 0.2) is 0 Å². The smallest absolute Gasteiger partial charge is 0.404 e. The van der Waals surface area contributed by atoms with Crippen LogP contribution >= 0.6 is 0 Å². The summed E-state index contributed by atoms with van der Waals surface area (Å²) >= 11 is 0. The maximum Gasteiger partial charge on any atom is 0.573 e. The molecule has 1 atom stereocenters. The zero-order valence-corrected chi connectivity index (χ0v) is 10.9. The van der Waals surface area contributed by atoms with Gasteiger partial charge in [0.05, 0.1) is 11.7 Å². The van der Waals surface area contributed by atoms with Crippen molar-refractivity contribution >= 4 is 11.7 Å². The summed E-state index contributed by atoms with van der Waals surface area (Å²) in [6, 6.07) is 4.01. The van der Waals surface area contributed by atoms with Crippen molar-refractivity contribution in [2.45, 2.75) is 19.4 Å². The predicted molar refractivity (Wildman–Crippen MR) is 66.5 cm³/mol. The van der Waals surface area contributed by atoms with Crippen molar-refractivity contribution in [2.24, 2.45) is 0 Å². The normalized spacial score (nSPS) is 12.2. The second-order valence-electron chi connectivity index (χ2n) is 4.05. The molecule has 114 valence electrons. The van der Waals surface area contributed by atoms with E-state index in [1.165, 1.54) is 6.92 Å². The Morgan fingerprint density at radius 3 is 2.71 bits per heavy atom. The molecule has 0 aliphatic heterocycles. The first-order valence-electron chi connectivity index (χ1n) is 5.74. The number of urea groups is 1. The SMILES string of the molecule is CC(O)CNC(=O)Nc1ccc(OC(F)(F)F)c(C#N)c1. The van der Waals surface area contributed by atoms with E-state index in [0.29, 0.717) is 0 Å². The van der Waals surface area contributed by atoms with Crippen LogP contribution in [-0.4, -0.2) is 30.1 Å². The lowest BCUT2D eigenvalue weighted by atomic mass is 10.2. The zero-order chi connectivity index (χ0) is 16.0. The molecule has 0 fully saturated rings. The minimum absolute atomic E-state index is 0.00616. The molecule has 0 heterocycles. The fraction of sp³-hybridized carbons (Fsp3) is 0.333. The van der Waals surface area contributed by atoms with Gasteiger partial charge in [0.1, 0.15) is 11.8 Å². The van der Waals surface area contributed by atoms with E-state index in [1.807, 2.05) is 0 Å². The van der Waals surface area contributed by atoms with Crippen LogP contribution in [-0.2, 0) is 0 Å². The molecule has 1 rings (SSSR count). The van der Waals surface area contributed by atoms with Crippen LogP contribution in [0.25, 0.3) is 0 Å². The van der Waals surface area contributed by atoms with Crippen LogP contribution in [0.5, 0.6) is 5.75 Å². The largest absolute Gasteiger partial charge is 0.573 e. The maximum absolute atomic E-state index is 12.1. The fourth-order valence-corrected chi connectivity index (χ4v) is 1.32. The monoisotopic (exact) mass is 303 g/mol. The summed E-state index contributed by atoms with van der Waals surface area (Å²) in [4.78, 5) is 11.4. The van der Waals surface area contributed by atoms with E-state index < -0.39 is 24.2 Å². The van der Waals surface area contributed by atoms with Crippen molar-refractivity contribution < 1.29 is 27.8 Å². The number of ether oxygens (including phenoxy) is 1. The average molecular weight is 303 g/mol. The molecule has 6 nitrogen and oxygen atoms in total. The highest BCUT2D eigenvalue weighted by Crippen LogP contribution is 2.28. The molecule has 1 aromatic carbocycles. The predicted octanol–water partition coefficient (Wildman–Crippen LogP) is 1.96. The number of amides is 2. The first-order chi connectivity index (χ1) is 9.71. The number of carbonyl (C=O) groups excluding carboxylic acids is 1. The van der Waals surface area contributed by atoms with Gasteiger partial charge in [0, 0.05) is 12.2 Å². The number of carbonyl (C=O) groups is 1. The quantitative estimate of drug-likeness (QED) is 0.792. The number of hydrogen-bond donors (Lipinski definition) is 3. The Morgan fingerprint density at radius 1 is 1.52 bits per heavy atom. The van der Waals surface area contributed by atoms with Crippen LogP contribution in [0.1, 0.15) is 12.5 Å². The number of anilines is 1. The molecular weight excluding hydrogens is 291 g/mol. The van der Waals surface area contributed by atoms with E-state index in [2.05, 4.69) is 15.4 Å². The Hall–Kier alpha value is -2.47. The van der Waals surface area contributed by atoms with Crippen molar-refractivity contribution in [3.63, 3.8) is 0 Å². The third-order valence-electron chi connectivity index (χ3n) is 2.14. The number of alkyl halides is 3. The van der Waals surface area contributed by atoms with Crippen molar-refractivity contribution in [2.75, 3.05) is 11.9 Å². The van der Waals surface area contributed by atoms with E-state index in [0.717, 1.165) is 18.2 Å². The Labute approximate surface area is 118 Å². The first-order valence-corrected chi connectivity index (χ1v) is 5.74. The molecule has 0 radical (unpaired) electrons. The van der Waals surface area contributed by atoms with E-state index in [9.17, 15) is 18.0 Å². The molecule has 0 aliphatic carbocycles. The number of benzene rings is 1. The molecule has 0 bridgehead atoms. The molecule has 0 saturated carbocycles. The molecule has 1 unspecified atom stereocenters. The van der Waals surface area contributed by atoms with Crippen LogP contribution in [0.2, 0.25) is 0 Å². The van der Waals surface area contributed by atoms with Gasteiger partial charge in [-0.25, -0.2) is 4.79 Å². The summed E-state index contributed by atoms with van der Waals surface area (Å²) in [5.41, 5.74) is -0.259. The molecule has 0 spiro atoms. The molecular formula is C12H12F3N3O3. The molecule has 0 aliphatic rings. The van der Waals surface area contributed by atoms with Gasteiger partial charge in [-0.15, -0.1) is 13.2 Å². The highest BCUT2D eigenvalue weighted by Gasteiger charge is 2.32. The second kappa shape index (κ2) is 6.81. The van der Waals surface area contributed by atoms with Crippen LogP contribution in [0.3, 0.4) is 0 Å². The maximum atomic E-state index is 12.1. The standard InChI is InChI=1S/C12H12F3N3O3/c1-7(19)6-17-11(20)18-9-2-3-10(8(4-9)5-16)21-12(13,14)15/h2-4,7,19H,6H2,1H3,(H2,17,18,20). The van der Waals surface area contributed by atoms with Crippen molar-refractivity contribution in [3.8, 4) is 11.8 Å². The molecule has 0 saturated heterocycles. The minimum atomic E-state index is -4.91. The first kappa shape index (κ1) is 16.6. The van der Waals surface area contributed by atoms with Crippen molar-refractivity contribution in [1.29, 1.82) is 5.26 Å². The highest BCUT2D eigenvalue weighted by atomic mass is 19.4. The lowest BCUT2D eigenvalue weighted by Gasteiger charge is -2.12. The molecule has 9 heteroatoms. The van der Waals surface area contributed by atoms with Gasteiger partial charge < -0.3 is 20.5 Å². The van der Waals surface area contributed by atoms with Gasteiger partial charge in [-0.05, 0) is 25.1 Å². The van der Waals surface area contributed by atoms with Crippen LogP contribution in [0.15, 0.2) is 18.2 Å². The van der Waals surface area contributed by atoms with Gasteiger partial charge >= 0.3 is 12.4 Å². The number of hydrogen-bond acceptors (Lipinski definition) is 4. The Balaban J connectivity index is 2.79. The third kappa shape index (κ3) is 6.01. The van der Waals surface area contributed by atoms with Crippen LogP contribution < -0.4 is 15.4 Å². The van der Waals surface area contributed by atoms with E-state index >= 15 is 0 Å².